The molecule has 0 bridgehead atoms. The third-order valence-electron chi connectivity index (χ3n) is 6.34. The van der Waals surface area contributed by atoms with Crippen molar-refractivity contribution < 1.29 is 41.0 Å². The molecule has 8 nitrogen and oxygen atoms in total. The average molecular weight is 605 g/mol. The Morgan fingerprint density at radius 1 is 1.12 bits per heavy atom. The number of amides is 1. The van der Waals surface area contributed by atoms with Gasteiger partial charge in [-0.15, -0.1) is 0 Å². The summed E-state index contributed by atoms with van der Waals surface area (Å²) in [6.45, 7) is 2.95. The lowest BCUT2D eigenvalue weighted by Crippen LogP contribution is -2.44. The van der Waals surface area contributed by atoms with Crippen LogP contribution in [0.5, 0.6) is 5.75 Å². The molecule has 4 rings (SSSR count). The van der Waals surface area contributed by atoms with E-state index in [-0.39, 0.29) is 36.4 Å². The molecule has 0 unspecified atom stereocenters. The van der Waals surface area contributed by atoms with Crippen molar-refractivity contribution in [2.45, 2.75) is 25.6 Å². The second-order valence-electron chi connectivity index (χ2n) is 9.39. The summed E-state index contributed by atoms with van der Waals surface area (Å²) in [6.07, 6.45) is -3.27. The second kappa shape index (κ2) is 11.8. The molecule has 0 saturated carbocycles. The average Bonchev–Trinajstić information content (AvgIpc) is 3.11. The Bertz CT molecular complexity index is 1590. The predicted molar refractivity (Wildman–Crippen MR) is 145 cm³/mol. The zero-order valence-electron chi connectivity index (χ0n) is 22.0. The number of aromatic nitrogens is 1. The Hall–Kier alpha value is -4.48. The van der Waals surface area contributed by atoms with Crippen LogP contribution in [0.2, 0.25) is 0 Å². The molecule has 42 heavy (non-hydrogen) atoms. The highest BCUT2D eigenvalue weighted by atomic mass is 32.1. The lowest BCUT2D eigenvalue weighted by atomic mass is 10.0. The maximum Gasteiger partial charge on any atom is 0.420 e. The van der Waals surface area contributed by atoms with Gasteiger partial charge in [-0.3, -0.25) is 14.7 Å². The molecule has 1 amide bonds. The SMILES string of the molecule is CC1(C)C(=O)N(c2ccc(C#N)c(C(F)(F)F)c2F)C(=S)N1c1ccc(-c2ccc(OCCOCC=O)c(F)c2)nc1. The number of nitrogens with zero attached hydrogens (tertiary/aromatic N) is 4. The maximum atomic E-state index is 15.2. The van der Waals surface area contributed by atoms with E-state index in [4.69, 9.17) is 27.0 Å². The minimum atomic E-state index is -5.19. The molecule has 0 spiro atoms. The van der Waals surface area contributed by atoms with Crippen molar-refractivity contribution in [3.8, 4) is 23.1 Å². The topological polar surface area (TPSA) is 95.8 Å². The van der Waals surface area contributed by atoms with Crippen molar-refractivity contribution in [1.82, 2.24) is 4.98 Å². The van der Waals surface area contributed by atoms with Crippen molar-refractivity contribution >= 4 is 40.9 Å². The van der Waals surface area contributed by atoms with E-state index in [0.717, 1.165) is 12.1 Å². The Kier molecular flexibility index (Phi) is 8.55. The maximum absolute atomic E-state index is 15.2. The fourth-order valence-electron chi connectivity index (χ4n) is 4.36. The van der Waals surface area contributed by atoms with Crippen molar-refractivity contribution in [1.29, 1.82) is 5.26 Å². The number of carbonyl (C=O) groups is 2. The number of aldehydes is 1. The number of benzene rings is 2. The minimum absolute atomic E-state index is 0.0300. The van der Waals surface area contributed by atoms with Crippen molar-refractivity contribution in [2.24, 2.45) is 0 Å². The first-order valence-corrected chi connectivity index (χ1v) is 12.6. The largest absolute Gasteiger partial charge is 0.488 e. The highest BCUT2D eigenvalue weighted by Crippen LogP contribution is 2.42. The summed E-state index contributed by atoms with van der Waals surface area (Å²) in [5.74, 6) is -3.30. The summed E-state index contributed by atoms with van der Waals surface area (Å²) >= 11 is 5.43. The smallest absolute Gasteiger partial charge is 0.420 e. The molecule has 1 aliphatic rings. The van der Waals surface area contributed by atoms with Crippen LogP contribution in [0.4, 0.5) is 33.3 Å². The molecule has 0 aliphatic carbocycles. The summed E-state index contributed by atoms with van der Waals surface area (Å²) in [5.41, 5.74) is -3.93. The molecule has 1 fully saturated rings. The highest BCUT2D eigenvalue weighted by Gasteiger charge is 2.52. The van der Waals surface area contributed by atoms with Crippen LogP contribution in [0.15, 0.2) is 48.7 Å². The standard InChI is InChI=1S/C28H21F5N4O4S/c1-27(2)25(39)36(21-7-3-17(14-34)23(24(21)30)28(31,32)33)26(42)37(27)18-5-6-20(35-15-18)16-4-8-22(19(29)13-16)41-12-11-40-10-9-38/h3-9,13,15H,10-12H2,1-2H3. The first-order chi connectivity index (χ1) is 19.8. The third kappa shape index (κ3) is 5.65. The number of thiocarbonyl (C=S) groups is 1. The zero-order chi connectivity index (χ0) is 30.8. The fraction of sp³-hybridized carbons (Fsp3) is 0.250. The molecule has 14 heteroatoms. The molecule has 0 radical (unpaired) electrons. The monoisotopic (exact) mass is 604 g/mol. The number of rotatable bonds is 9. The predicted octanol–water partition coefficient (Wildman–Crippen LogP) is 5.43. The van der Waals surface area contributed by atoms with Gasteiger partial charge < -0.3 is 19.2 Å². The van der Waals surface area contributed by atoms with E-state index in [1.54, 1.807) is 6.07 Å². The number of pyridine rings is 1. The molecule has 2 aromatic carbocycles. The number of hydrogen-bond donors (Lipinski definition) is 0. The van der Waals surface area contributed by atoms with E-state index in [2.05, 4.69) is 4.98 Å². The summed E-state index contributed by atoms with van der Waals surface area (Å²) in [5, 5.41) is 8.75. The van der Waals surface area contributed by atoms with E-state index in [1.165, 1.54) is 55.3 Å². The lowest BCUT2D eigenvalue weighted by molar-refractivity contribution is -0.140. The van der Waals surface area contributed by atoms with Crippen LogP contribution in [-0.2, 0) is 20.5 Å². The van der Waals surface area contributed by atoms with Crippen LogP contribution in [0.25, 0.3) is 11.3 Å². The summed E-state index contributed by atoms with van der Waals surface area (Å²) < 4.78 is 80.8. The lowest BCUT2D eigenvalue weighted by Gasteiger charge is -2.29. The van der Waals surface area contributed by atoms with Gasteiger partial charge in [0, 0.05) is 5.56 Å². The van der Waals surface area contributed by atoms with Crippen LogP contribution in [0, 0.1) is 23.0 Å². The van der Waals surface area contributed by atoms with Gasteiger partial charge in [-0.1, -0.05) is 0 Å². The zero-order valence-corrected chi connectivity index (χ0v) is 22.9. The van der Waals surface area contributed by atoms with Crippen molar-refractivity contribution in [3.05, 3.63) is 71.4 Å². The Balaban J connectivity index is 1.60. The molecule has 1 aliphatic heterocycles. The number of ether oxygens (including phenoxy) is 2. The molecule has 1 saturated heterocycles. The van der Waals surface area contributed by atoms with Gasteiger partial charge in [0.15, 0.2) is 22.5 Å². The van der Waals surface area contributed by atoms with Gasteiger partial charge in [-0.2, -0.15) is 18.4 Å². The van der Waals surface area contributed by atoms with Crippen LogP contribution in [-0.4, -0.2) is 47.6 Å². The normalized spacial score (nSPS) is 14.7. The Labute approximate surface area is 241 Å². The molecule has 218 valence electrons. The van der Waals surface area contributed by atoms with Crippen molar-refractivity contribution in [3.63, 3.8) is 0 Å². The number of alkyl halides is 3. The summed E-state index contributed by atoms with van der Waals surface area (Å²) in [4.78, 5) is 29.9. The van der Waals surface area contributed by atoms with Gasteiger partial charge in [0.2, 0.25) is 0 Å². The second-order valence-corrected chi connectivity index (χ2v) is 9.75. The molecule has 3 aromatic rings. The molecule has 0 N–H and O–H groups in total. The number of anilines is 2. The number of carbonyl (C=O) groups excluding carboxylic acids is 2. The quantitative estimate of drug-likeness (QED) is 0.138. The van der Waals surface area contributed by atoms with Crippen LogP contribution >= 0.6 is 12.2 Å². The van der Waals surface area contributed by atoms with E-state index in [0.29, 0.717) is 22.4 Å². The van der Waals surface area contributed by atoms with Gasteiger partial charge in [0.25, 0.3) is 5.91 Å². The third-order valence-corrected chi connectivity index (χ3v) is 6.70. The Morgan fingerprint density at radius 3 is 2.45 bits per heavy atom. The highest BCUT2D eigenvalue weighted by molar-refractivity contribution is 7.81. The van der Waals surface area contributed by atoms with Gasteiger partial charge in [-0.05, 0) is 68.5 Å². The van der Waals surface area contributed by atoms with Crippen LogP contribution < -0.4 is 14.5 Å². The van der Waals surface area contributed by atoms with Gasteiger partial charge >= 0.3 is 6.18 Å². The Morgan fingerprint density at radius 2 is 1.86 bits per heavy atom. The molecular formula is C28H21F5N4O4S. The molecule has 1 aromatic heterocycles. The summed E-state index contributed by atoms with van der Waals surface area (Å²) in [7, 11) is 0. The van der Waals surface area contributed by atoms with E-state index in [1.807, 2.05) is 0 Å². The molecule has 0 atom stereocenters. The number of halogens is 5. The first kappa shape index (κ1) is 30.5. The van der Waals surface area contributed by atoms with Gasteiger partial charge in [0.05, 0.1) is 41.5 Å². The van der Waals surface area contributed by atoms with Gasteiger partial charge in [0.1, 0.15) is 30.6 Å². The fourth-order valence-corrected chi connectivity index (χ4v) is 4.87. The van der Waals surface area contributed by atoms with Crippen LogP contribution in [0.3, 0.4) is 0 Å². The molecule has 2 heterocycles. The van der Waals surface area contributed by atoms with Crippen LogP contribution in [0.1, 0.15) is 25.0 Å². The van der Waals surface area contributed by atoms with E-state index < -0.39 is 46.1 Å². The minimum Gasteiger partial charge on any atom is -0.488 e. The number of nitriles is 1. The van der Waals surface area contributed by atoms with E-state index >= 15 is 4.39 Å². The first-order valence-electron chi connectivity index (χ1n) is 12.2. The number of hydrogen-bond acceptors (Lipinski definition) is 7. The van der Waals surface area contributed by atoms with E-state index in [9.17, 15) is 27.2 Å². The summed E-state index contributed by atoms with van der Waals surface area (Å²) in [6, 6.07) is 10.2. The molecular weight excluding hydrogens is 583 g/mol. The van der Waals surface area contributed by atoms with Crippen molar-refractivity contribution in [2.75, 3.05) is 29.6 Å². The van der Waals surface area contributed by atoms with Gasteiger partial charge in [-0.25, -0.2) is 8.78 Å².